The van der Waals surface area contributed by atoms with Crippen LogP contribution in [-0.4, -0.2) is 12.6 Å². The van der Waals surface area contributed by atoms with E-state index >= 15 is 0 Å². The Morgan fingerprint density at radius 1 is 1.00 bits per heavy atom. The van der Waals surface area contributed by atoms with Gasteiger partial charge in [-0.3, -0.25) is 0 Å². The number of hydrogen-bond acceptors (Lipinski definition) is 2. The number of rotatable bonds is 3. The third kappa shape index (κ3) is 2.16. The van der Waals surface area contributed by atoms with Crippen molar-refractivity contribution < 1.29 is 9.53 Å². The molecular formula is C18H14O2. The number of benzene rings is 3. The third-order valence-electron chi connectivity index (χ3n) is 3.30. The molecular weight excluding hydrogens is 248 g/mol. The van der Waals surface area contributed by atoms with Crippen LogP contribution in [-0.2, 0) is 4.74 Å². The van der Waals surface area contributed by atoms with E-state index in [1.165, 1.54) is 0 Å². The molecule has 0 heterocycles. The predicted molar refractivity (Wildman–Crippen MR) is 81.9 cm³/mol. The minimum Gasteiger partial charge on any atom is -0.458 e. The monoisotopic (exact) mass is 262 g/mol. The molecule has 0 aliphatic carbocycles. The number of fused-ring (bicyclic) bond motifs is 2. The van der Waals surface area contributed by atoms with Crippen LogP contribution >= 0.6 is 0 Å². The van der Waals surface area contributed by atoms with Gasteiger partial charge in [0.15, 0.2) is 0 Å². The van der Waals surface area contributed by atoms with Crippen molar-refractivity contribution in [3.63, 3.8) is 0 Å². The Bertz CT molecular complexity index is 803. The number of carbonyl (C=O) groups excluding carboxylic acids is 1. The van der Waals surface area contributed by atoms with Crippen molar-refractivity contribution >= 4 is 27.5 Å². The van der Waals surface area contributed by atoms with Gasteiger partial charge in [-0.05, 0) is 39.7 Å². The van der Waals surface area contributed by atoms with Gasteiger partial charge in [-0.15, -0.1) is 0 Å². The Hall–Kier alpha value is -2.61. The molecule has 0 unspecified atom stereocenters. The van der Waals surface area contributed by atoms with E-state index in [9.17, 15) is 4.79 Å². The van der Waals surface area contributed by atoms with Gasteiger partial charge in [-0.1, -0.05) is 49.1 Å². The second-order valence-corrected chi connectivity index (χ2v) is 4.61. The second kappa shape index (κ2) is 5.17. The van der Waals surface area contributed by atoms with E-state index in [0.717, 1.165) is 21.5 Å². The highest BCUT2D eigenvalue weighted by atomic mass is 16.5. The van der Waals surface area contributed by atoms with Crippen molar-refractivity contribution in [3.05, 3.63) is 72.8 Å². The topological polar surface area (TPSA) is 26.3 Å². The molecule has 0 aliphatic heterocycles. The molecule has 98 valence electrons. The van der Waals surface area contributed by atoms with Crippen molar-refractivity contribution in [2.75, 3.05) is 6.61 Å². The van der Waals surface area contributed by atoms with Crippen LogP contribution in [0.3, 0.4) is 0 Å². The van der Waals surface area contributed by atoms with E-state index in [-0.39, 0.29) is 12.6 Å². The lowest BCUT2D eigenvalue weighted by molar-refractivity contribution is 0.0552. The minimum atomic E-state index is -0.314. The zero-order valence-electron chi connectivity index (χ0n) is 11.0. The molecule has 0 aromatic heterocycles. The highest BCUT2D eigenvalue weighted by Crippen LogP contribution is 2.25. The van der Waals surface area contributed by atoms with Gasteiger partial charge >= 0.3 is 5.97 Å². The number of ether oxygens (including phenoxy) is 1. The van der Waals surface area contributed by atoms with Crippen molar-refractivity contribution in [2.24, 2.45) is 0 Å². The van der Waals surface area contributed by atoms with Crippen molar-refractivity contribution in [1.82, 2.24) is 0 Å². The van der Waals surface area contributed by atoms with E-state index in [0.29, 0.717) is 5.56 Å². The van der Waals surface area contributed by atoms with Crippen LogP contribution in [0.2, 0.25) is 0 Å². The SMILES string of the molecule is C=CCOC(=O)c1cccc2cc3ccccc3cc12. The van der Waals surface area contributed by atoms with Crippen LogP contribution in [0.4, 0.5) is 0 Å². The first-order chi connectivity index (χ1) is 9.79. The summed E-state index contributed by atoms with van der Waals surface area (Å²) in [5.74, 6) is -0.314. The molecule has 0 atom stereocenters. The summed E-state index contributed by atoms with van der Waals surface area (Å²) in [6.45, 7) is 3.78. The first kappa shape index (κ1) is 12.4. The Morgan fingerprint density at radius 2 is 1.70 bits per heavy atom. The molecule has 0 fully saturated rings. The summed E-state index contributed by atoms with van der Waals surface area (Å²) in [5, 5.41) is 4.23. The zero-order chi connectivity index (χ0) is 13.9. The molecule has 3 aromatic carbocycles. The lowest BCUT2D eigenvalue weighted by Crippen LogP contribution is -2.05. The zero-order valence-corrected chi connectivity index (χ0v) is 11.0. The molecule has 2 heteroatoms. The number of carbonyl (C=O) groups is 1. The summed E-state index contributed by atoms with van der Waals surface area (Å²) in [4.78, 5) is 12.1. The molecule has 2 nitrogen and oxygen atoms in total. The van der Waals surface area contributed by atoms with Crippen LogP contribution in [0.25, 0.3) is 21.5 Å². The number of esters is 1. The molecule has 20 heavy (non-hydrogen) atoms. The fourth-order valence-corrected chi connectivity index (χ4v) is 2.36. The van der Waals surface area contributed by atoms with E-state index in [1.54, 1.807) is 12.1 Å². The molecule has 0 saturated heterocycles. The summed E-state index contributed by atoms with van der Waals surface area (Å²) in [6, 6.07) is 17.9. The normalized spacial score (nSPS) is 10.6. The molecule has 0 aliphatic rings. The fourth-order valence-electron chi connectivity index (χ4n) is 2.36. The lowest BCUT2D eigenvalue weighted by atomic mass is 10.00. The number of hydrogen-bond donors (Lipinski definition) is 0. The summed E-state index contributed by atoms with van der Waals surface area (Å²) in [7, 11) is 0. The molecule has 0 amide bonds. The largest absolute Gasteiger partial charge is 0.458 e. The smallest absolute Gasteiger partial charge is 0.339 e. The summed E-state index contributed by atoms with van der Waals surface area (Å²) < 4.78 is 5.14. The van der Waals surface area contributed by atoms with Gasteiger partial charge in [0, 0.05) is 0 Å². The van der Waals surface area contributed by atoms with Crippen LogP contribution in [0.5, 0.6) is 0 Å². The van der Waals surface area contributed by atoms with Gasteiger partial charge in [0.05, 0.1) is 5.56 Å². The van der Waals surface area contributed by atoms with E-state index in [1.807, 2.05) is 36.4 Å². The molecule has 0 spiro atoms. The average molecular weight is 262 g/mol. The van der Waals surface area contributed by atoms with Crippen molar-refractivity contribution in [2.45, 2.75) is 0 Å². The fraction of sp³-hybridized carbons (Fsp3) is 0.0556. The molecule has 0 saturated carbocycles. The van der Waals surface area contributed by atoms with Gasteiger partial charge in [0.1, 0.15) is 6.61 Å². The first-order valence-electron chi connectivity index (χ1n) is 6.49. The lowest BCUT2D eigenvalue weighted by Gasteiger charge is -2.07. The van der Waals surface area contributed by atoms with Crippen molar-refractivity contribution in [1.29, 1.82) is 0 Å². The van der Waals surface area contributed by atoms with Crippen LogP contribution in [0.15, 0.2) is 67.3 Å². The van der Waals surface area contributed by atoms with Gasteiger partial charge in [-0.2, -0.15) is 0 Å². The highest BCUT2D eigenvalue weighted by Gasteiger charge is 2.11. The quantitative estimate of drug-likeness (QED) is 0.399. The van der Waals surface area contributed by atoms with E-state index in [2.05, 4.69) is 18.7 Å². The van der Waals surface area contributed by atoms with E-state index in [4.69, 9.17) is 4.74 Å². The third-order valence-corrected chi connectivity index (χ3v) is 3.30. The summed E-state index contributed by atoms with van der Waals surface area (Å²) in [5.41, 5.74) is 0.593. The first-order valence-corrected chi connectivity index (χ1v) is 6.49. The Morgan fingerprint density at radius 3 is 2.45 bits per heavy atom. The summed E-state index contributed by atoms with van der Waals surface area (Å²) >= 11 is 0. The molecule has 0 radical (unpaired) electrons. The van der Waals surface area contributed by atoms with Gasteiger partial charge in [0.2, 0.25) is 0 Å². The van der Waals surface area contributed by atoms with Gasteiger partial charge in [-0.25, -0.2) is 4.79 Å². The minimum absolute atomic E-state index is 0.225. The van der Waals surface area contributed by atoms with Gasteiger partial charge < -0.3 is 4.74 Å². The van der Waals surface area contributed by atoms with Crippen LogP contribution in [0, 0.1) is 0 Å². The Kier molecular flexibility index (Phi) is 3.21. The molecule has 3 rings (SSSR count). The molecule has 0 bridgehead atoms. The molecule has 3 aromatic rings. The van der Waals surface area contributed by atoms with Crippen LogP contribution < -0.4 is 0 Å². The van der Waals surface area contributed by atoms with Gasteiger partial charge in [0.25, 0.3) is 0 Å². The summed E-state index contributed by atoms with van der Waals surface area (Å²) in [6.07, 6.45) is 1.57. The second-order valence-electron chi connectivity index (χ2n) is 4.61. The highest BCUT2D eigenvalue weighted by molar-refractivity contribution is 6.08. The maximum Gasteiger partial charge on any atom is 0.339 e. The molecule has 0 N–H and O–H groups in total. The standard InChI is InChI=1S/C18H14O2/c1-2-10-20-18(19)16-9-5-8-15-11-13-6-3-4-7-14(13)12-17(15)16/h2-9,11-12H,1,10H2. The van der Waals surface area contributed by atoms with Crippen molar-refractivity contribution in [3.8, 4) is 0 Å². The van der Waals surface area contributed by atoms with Crippen LogP contribution in [0.1, 0.15) is 10.4 Å². The maximum absolute atomic E-state index is 12.1. The van der Waals surface area contributed by atoms with E-state index < -0.39 is 0 Å². The maximum atomic E-state index is 12.1. The Balaban J connectivity index is 2.19. The predicted octanol–water partition coefficient (Wildman–Crippen LogP) is 4.34. The average Bonchev–Trinajstić information content (AvgIpc) is 2.50. The Labute approximate surface area is 117 Å².